The molecule has 1 fully saturated rings. The summed E-state index contributed by atoms with van der Waals surface area (Å²) in [5.74, 6) is 1.06. The molecule has 0 unspecified atom stereocenters. The summed E-state index contributed by atoms with van der Waals surface area (Å²) < 4.78 is 0. The van der Waals surface area contributed by atoms with Crippen LogP contribution >= 0.6 is 0 Å². The molecule has 2 N–H and O–H groups in total. The molecule has 0 amide bonds. The zero-order valence-corrected chi connectivity index (χ0v) is 21.1. The maximum absolute atomic E-state index is 4.46. The van der Waals surface area contributed by atoms with Crippen LogP contribution in [0.4, 0.5) is 11.5 Å². The van der Waals surface area contributed by atoms with Crippen LogP contribution in [0.1, 0.15) is 46.4 Å². The van der Waals surface area contributed by atoms with E-state index in [4.69, 9.17) is 0 Å². The van der Waals surface area contributed by atoms with Gasteiger partial charge >= 0.3 is 0 Å². The maximum atomic E-state index is 4.46. The van der Waals surface area contributed by atoms with Crippen molar-refractivity contribution in [2.75, 3.05) is 43.4 Å². The fraction of sp³-hybridized carbons (Fsp3) is 0.333. The van der Waals surface area contributed by atoms with E-state index >= 15 is 0 Å². The fourth-order valence-corrected chi connectivity index (χ4v) is 4.68. The van der Waals surface area contributed by atoms with Crippen LogP contribution in [0.2, 0.25) is 0 Å². The Morgan fingerprint density at radius 3 is 2.54 bits per heavy atom. The number of fused-ring (bicyclic) bond motifs is 1. The van der Waals surface area contributed by atoms with E-state index in [9.17, 15) is 0 Å². The van der Waals surface area contributed by atoms with E-state index in [1.165, 1.54) is 42.4 Å². The van der Waals surface area contributed by atoms with Gasteiger partial charge in [-0.25, -0.2) is 4.98 Å². The van der Waals surface area contributed by atoms with Gasteiger partial charge in [0, 0.05) is 50.7 Å². The highest BCUT2D eigenvalue weighted by atomic mass is 15.2. The largest absolute Gasteiger partial charge is 0.387 e. The van der Waals surface area contributed by atoms with Gasteiger partial charge in [0.1, 0.15) is 5.82 Å². The predicted octanol–water partition coefficient (Wildman–Crippen LogP) is 5.51. The molecule has 0 bridgehead atoms. The minimum absolute atomic E-state index is 1.02. The van der Waals surface area contributed by atoms with Crippen LogP contribution in [-0.4, -0.2) is 43.2 Å². The van der Waals surface area contributed by atoms with Crippen LogP contribution in [0.15, 0.2) is 61.9 Å². The van der Waals surface area contributed by atoms with E-state index in [0.29, 0.717) is 0 Å². The lowest BCUT2D eigenvalue weighted by atomic mass is 9.88. The van der Waals surface area contributed by atoms with E-state index in [1.807, 2.05) is 38.5 Å². The number of pyridine rings is 2. The molecule has 2 aromatic heterocycles. The Hall–Kier alpha value is -3.44. The summed E-state index contributed by atoms with van der Waals surface area (Å²) in [6.07, 6.45) is 10.6. The summed E-state index contributed by atoms with van der Waals surface area (Å²) in [5.41, 5.74) is 9.59. The molecule has 5 rings (SSSR count). The first kappa shape index (κ1) is 24.7. The summed E-state index contributed by atoms with van der Waals surface area (Å²) in [4.78, 5) is 11.1. The number of piperazine rings is 1. The molecule has 1 aliphatic carbocycles. The minimum Gasteiger partial charge on any atom is -0.387 e. The Morgan fingerprint density at radius 2 is 1.80 bits per heavy atom. The number of aromatic nitrogens is 2. The second kappa shape index (κ2) is 11.8. The number of hydrogen-bond acceptors (Lipinski definition) is 5. The minimum atomic E-state index is 1.02. The highest BCUT2D eigenvalue weighted by molar-refractivity contribution is 5.81. The Balaban J connectivity index is 0.000000179. The monoisotopic (exact) mass is 467 g/mol. The molecule has 3 heterocycles. The van der Waals surface area contributed by atoms with E-state index < -0.39 is 0 Å². The summed E-state index contributed by atoms with van der Waals surface area (Å²) in [6.45, 7) is 14.3. The van der Waals surface area contributed by atoms with Crippen molar-refractivity contribution >= 4 is 23.2 Å². The van der Waals surface area contributed by atoms with Gasteiger partial charge in [-0.15, -0.1) is 0 Å². The topological polar surface area (TPSA) is 53.1 Å². The number of nitrogens with zero attached hydrogens (tertiary/aromatic N) is 3. The molecular formula is C30H37N5. The number of hydrogen-bond donors (Lipinski definition) is 2. The average molecular weight is 468 g/mol. The van der Waals surface area contributed by atoms with Gasteiger partial charge in [-0.1, -0.05) is 37.4 Å². The number of anilines is 2. The fourth-order valence-electron chi connectivity index (χ4n) is 4.68. The molecule has 0 atom stereocenters. The second-order valence-corrected chi connectivity index (χ2v) is 9.16. The molecule has 1 saturated heterocycles. The molecule has 1 aliphatic heterocycles. The number of aryl methyl sites for hydroxylation is 3. The first-order valence-corrected chi connectivity index (χ1v) is 12.6. The van der Waals surface area contributed by atoms with Crippen molar-refractivity contribution in [3.05, 3.63) is 95.5 Å². The van der Waals surface area contributed by atoms with Crippen LogP contribution in [0.3, 0.4) is 0 Å². The molecule has 0 spiro atoms. The molecule has 0 saturated carbocycles. The van der Waals surface area contributed by atoms with Gasteiger partial charge in [0.05, 0.1) is 11.9 Å². The van der Waals surface area contributed by atoms with Gasteiger partial charge in [0.15, 0.2) is 0 Å². The van der Waals surface area contributed by atoms with Gasteiger partial charge in [-0.3, -0.25) is 4.98 Å². The Morgan fingerprint density at radius 1 is 1.03 bits per heavy atom. The summed E-state index contributed by atoms with van der Waals surface area (Å²) in [6, 6.07) is 13.0. The standard InChI is InChI=1S/C19H22N2.C11H15N3/c1-13(19-11-18(20-3)12-21-14(19)2)16-9-8-15-6-4-5-7-17(15)10-16;1-2-10-3-4-13-11(9-10)14-7-5-12-6-8-14/h8-12,20H,1,4-7H2,2-3H3;2-4,9,12H,1,5-8H2. The Bertz CT molecular complexity index is 1180. The van der Waals surface area contributed by atoms with E-state index in [-0.39, 0.29) is 0 Å². The third-order valence-corrected chi connectivity index (χ3v) is 6.84. The quantitative estimate of drug-likeness (QED) is 0.518. The number of benzene rings is 1. The molecule has 2 aliphatic rings. The van der Waals surface area contributed by atoms with Crippen molar-refractivity contribution in [2.24, 2.45) is 0 Å². The molecular weight excluding hydrogens is 430 g/mol. The van der Waals surface area contributed by atoms with Gasteiger partial charge in [-0.2, -0.15) is 0 Å². The first-order valence-electron chi connectivity index (χ1n) is 12.6. The van der Waals surface area contributed by atoms with E-state index in [1.54, 1.807) is 0 Å². The third-order valence-electron chi connectivity index (χ3n) is 6.84. The number of rotatable bonds is 5. The summed E-state index contributed by atoms with van der Waals surface area (Å²) in [7, 11) is 1.91. The van der Waals surface area contributed by atoms with Crippen molar-refractivity contribution in [3.8, 4) is 0 Å². The molecule has 3 aromatic rings. The van der Waals surface area contributed by atoms with Crippen molar-refractivity contribution in [1.29, 1.82) is 0 Å². The van der Waals surface area contributed by atoms with E-state index in [2.05, 4.69) is 69.0 Å². The number of nitrogens with one attached hydrogen (secondary N) is 2. The Labute approximate surface area is 210 Å². The lowest BCUT2D eigenvalue weighted by Crippen LogP contribution is -2.43. The third kappa shape index (κ3) is 6.17. The lowest BCUT2D eigenvalue weighted by Gasteiger charge is -2.28. The second-order valence-electron chi connectivity index (χ2n) is 9.16. The first-order chi connectivity index (χ1) is 17.1. The maximum Gasteiger partial charge on any atom is 0.129 e. The van der Waals surface area contributed by atoms with E-state index in [0.717, 1.165) is 60.1 Å². The lowest BCUT2D eigenvalue weighted by molar-refractivity contribution is 0.585. The molecule has 0 radical (unpaired) electrons. The van der Waals surface area contributed by atoms with Crippen molar-refractivity contribution in [2.45, 2.75) is 32.6 Å². The molecule has 182 valence electrons. The van der Waals surface area contributed by atoms with Crippen LogP contribution in [-0.2, 0) is 12.8 Å². The van der Waals surface area contributed by atoms with Gasteiger partial charge < -0.3 is 15.5 Å². The predicted molar refractivity (Wildman–Crippen MR) is 149 cm³/mol. The molecule has 1 aromatic carbocycles. The SMILES string of the molecule is C=C(c1ccc2c(c1)CCCC2)c1cc(NC)cnc1C.C=Cc1ccnc(N2CCNCC2)c1. The Kier molecular flexibility index (Phi) is 8.32. The van der Waals surface area contributed by atoms with Crippen molar-refractivity contribution in [3.63, 3.8) is 0 Å². The highest BCUT2D eigenvalue weighted by Crippen LogP contribution is 2.29. The zero-order chi connectivity index (χ0) is 24.6. The van der Waals surface area contributed by atoms with Crippen molar-refractivity contribution < 1.29 is 0 Å². The normalized spacial score (nSPS) is 14.9. The average Bonchev–Trinajstić information content (AvgIpc) is 2.93. The highest BCUT2D eigenvalue weighted by Gasteiger charge is 2.13. The molecule has 5 heteroatoms. The summed E-state index contributed by atoms with van der Waals surface area (Å²) >= 11 is 0. The van der Waals surface area contributed by atoms with Crippen LogP contribution in [0.5, 0.6) is 0 Å². The zero-order valence-electron chi connectivity index (χ0n) is 21.1. The van der Waals surface area contributed by atoms with Crippen LogP contribution in [0.25, 0.3) is 11.6 Å². The molecule has 35 heavy (non-hydrogen) atoms. The van der Waals surface area contributed by atoms with Crippen molar-refractivity contribution in [1.82, 2.24) is 15.3 Å². The van der Waals surface area contributed by atoms with Gasteiger partial charge in [0.25, 0.3) is 0 Å². The van der Waals surface area contributed by atoms with Crippen LogP contribution < -0.4 is 15.5 Å². The molecule has 5 nitrogen and oxygen atoms in total. The van der Waals surface area contributed by atoms with Gasteiger partial charge in [-0.05, 0) is 78.6 Å². The summed E-state index contributed by atoms with van der Waals surface area (Å²) in [5, 5.41) is 6.47. The van der Waals surface area contributed by atoms with Gasteiger partial charge in [0.2, 0.25) is 0 Å². The van der Waals surface area contributed by atoms with Crippen LogP contribution in [0, 0.1) is 6.92 Å². The smallest absolute Gasteiger partial charge is 0.129 e.